The molecule has 116 valence electrons. The van der Waals surface area contributed by atoms with Gasteiger partial charge in [-0.25, -0.2) is 0 Å². The number of amides is 1. The number of carbonyl (C=O) groups excluding carboxylic acids is 1. The molecule has 2 N–H and O–H groups in total. The number of carbonyl (C=O) groups is 1. The lowest BCUT2D eigenvalue weighted by atomic mass is 9.93. The van der Waals surface area contributed by atoms with Crippen LogP contribution in [0.2, 0.25) is 0 Å². The third-order valence-corrected chi connectivity index (χ3v) is 3.79. The van der Waals surface area contributed by atoms with Crippen molar-refractivity contribution < 1.29 is 18.0 Å². The van der Waals surface area contributed by atoms with E-state index in [2.05, 4.69) is 4.98 Å². The van der Waals surface area contributed by atoms with E-state index in [1.165, 1.54) is 0 Å². The lowest BCUT2D eigenvalue weighted by Gasteiger charge is -2.31. The first-order valence-electron chi connectivity index (χ1n) is 6.94. The Labute approximate surface area is 121 Å². The Bertz CT molecular complexity index is 479. The van der Waals surface area contributed by atoms with Crippen molar-refractivity contribution in [1.82, 2.24) is 9.88 Å². The predicted molar refractivity (Wildman–Crippen MR) is 71.5 cm³/mol. The summed E-state index contributed by atoms with van der Waals surface area (Å²) in [7, 11) is 0. The van der Waals surface area contributed by atoms with Gasteiger partial charge in [0, 0.05) is 19.3 Å². The molecule has 0 aliphatic carbocycles. The molecule has 1 aliphatic heterocycles. The van der Waals surface area contributed by atoms with Gasteiger partial charge in [0.15, 0.2) is 0 Å². The van der Waals surface area contributed by atoms with E-state index in [0.717, 1.165) is 31.4 Å². The van der Waals surface area contributed by atoms with E-state index in [1.807, 2.05) is 0 Å². The van der Waals surface area contributed by atoms with E-state index in [1.54, 1.807) is 4.90 Å². The zero-order chi connectivity index (χ0) is 15.5. The number of likely N-dealkylation sites (tertiary alicyclic amines) is 1. The van der Waals surface area contributed by atoms with Crippen LogP contribution in [0, 0.1) is 5.92 Å². The molecule has 7 heteroatoms. The highest BCUT2D eigenvalue weighted by Crippen LogP contribution is 2.28. The van der Waals surface area contributed by atoms with Crippen LogP contribution >= 0.6 is 0 Å². The van der Waals surface area contributed by atoms with E-state index in [0.29, 0.717) is 31.7 Å². The molecule has 1 amide bonds. The van der Waals surface area contributed by atoms with E-state index in [4.69, 9.17) is 5.73 Å². The van der Waals surface area contributed by atoms with Gasteiger partial charge < -0.3 is 10.6 Å². The van der Waals surface area contributed by atoms with Gasteiger partial charge in [-0.15, -0.1) is 0 Å². The zero-order valence-corrected chi connectivity index (χ0v) is 11.6. The third-order valence-electron chi connectivity index (χ3n) is 3.79. The normalized spacial score (nSPS) is 17.0. The first kappa shape index (κ1) is 15.8. The highest BCUT2D eigenvalue weighted by atomic mass is 19.4. The lowest BCUT2D eigenvalue weighted by molar-refractivity contribution is -0.137. The Morgan fingerprint density at radius 1 is 1.33 bits per heavy atom. The minimum absolute atomic E-state index is 0.0558. The standard InChI is InChI=1S/C14H18F3N3O/c15-14(16,17)11-1-2-12(19-9-11)13(21)20-7-4-10(3-6-18)5-8-20/h1-2,9-10H,3-8,18H2. The molecule has 2 heterocycles. The Morgan fingerprint density at radius 3 is 2.48 bits per heavy atom. The number of alkyl halides is 3. The molecule has 4 nitrogen and oxygen atoms in total. The number of hydrogen-bond acceptors (Lipinski definition) is 3. The molecular weight excluding hydrogens is 283 g/mol. The maximum atomic E-state index is 12.4. The Hall–Kier alpha value is -1.63. The van der Waals surface area contributed by atoms with Gasteiger partial charge in [0.1, 0.15) is 5.69 Å². The van der Waals surface area contributed by atoms with E-state index >= 15 is 0 Å². The summed E-state index contributed by atoms with van der Waals surface area (Å²) in [4.78, 5) is 17.5. The van der Waals surface area contributed by atoms with Crippen molar-refractivity contribution in [3.05, 3.63) is 29.6 Å². The van der Waals surface area contributed by atoms with Crippen molar-refractivity contribution in [2.24, 2.45) is 11.7 Å². The molecule has 1 saturated heterocycles. The second kappa shape index (κ2) is 6.43. The molecule has 0 spiro atoms. The summed E-state index contributed by atoms with van der Waals surface area (Å²) in [5.41, 5.74) is 4.72. The highest BCUT2D eigenvalue weighted by Gasteiger charge is 2.31. The summed E-state index contributed by atoms with van der Waals surface area (Å²) < 4.78 is 37.3. The van der Waals surface area contributed by atoms with E-state index < -0.39 is 11.7 Å². The van der Waals surface area contributed by atoms with Crippen LogP contribution in [-0.2, 0) is 6.18 Å². The van der Waals surface area contributed by atoms with Crippen LogP contribution in [0.25, 0.3) is 0 Å². The maximum Gasteiger partial charge on any atom is 0.417 e. The number of piperidine rings is 1. The quantitative estimate of drug-likeness (QED) is 0.932. The van der Waals surface area contributed by atoms with Gasteiger partial charge in [0.2, 0.25) is 0 Å². The minimum atomic E-state index is -4.44. The first-order valence-corrected chi connectivity index (χ1v) is 6.94. The van der Waals surface area contributed by atoms with Gasteiger partial charge in [0.25, 0.3) is 5.91 Å². The summed E-state index contributed by atoms with van der Waals surface area (Å²) in [5.74, 6) is 0.217. The maximum absolute atomic E-state index is 12.4. The molecule has 1 aliphatic rings. The van der Waals surface area contributed by atoms with Crippen LogP contribution in [0.15, 0.2) is 18.3 Å². The number of nitrogens with two attached hydrogens (primary N) is 1. The van der Waals surface area contributed by atoms with Gasteiger partial charge in [-0.2, -0.15) is 13.2 Å². The highest BCUT2D eigenvalue weighted by molar-refractivity contribution is 5.92. The Morgan fingerprint density at radius 2 is 2.00 bits per heavy atom. The van der Waals surface area contributed by atoms with Crippen molar-refractivity contribution in [3.8, 4) is 0 Å². The van der Waals surface area contributed by atoms with Crippen LogP contribution in [-0.4, -0.2) is 35.4 Å². The van der Waals surface area contributed by atoms with Gasteiger partial charge in [0.05, 0.1) is 5.56 Å². The number of nitrogens with zero attached hydrogens (tertiary/aromatic N) is 2. The third kappa shape index (κ3) is 3.93. The van der Waals surface area contributed by atoms with Crippen molar-refractivity contribution in [3.63, 3.8) is 0 Å². The summed E-state index contributed by atoms with van der Waals surface area (Å²) in [6, 6.07) is 2.03. The van der Waals surface area contributed by atoms with Crippen molar-refractivity contribution in [1.29, 1.82) is 0 Å². The molecule has 0 aromatic carbocycles. The smallest absolute Gasteiger partial charge is 0.337 e. The van der Waals surface area contributed by atoms with Crippen LogP contribution in [0.3, 0.4) is 0 Å². The van der Waals surface area contributed by atoms with Crippen LogP contribution < -0.4 is 5.73 Å². The number of halogens is 3. The average molecular weight is 301 g/mol. The Kier molecular flexibility index (Phi) is 4.82. The summed E-state index contributed by atoms with van der Waals surface area (Å²) in [6.45, 7) is 1.84. The van der Waals surface area contributed by atoms with Crippen LogP contribution in [0.4, 0.5) is 13.2 Å². The minimum Gasteiger partial charge on any atom is -0.337 e. The van der Waals surface area contributed by atoms with Gasteiger partial charge in [-0.05, 0) is 43.9 Å². The molecule has 1 aromatic heterocycles. The monoisotopic (exact) mass is 301 g/mol. The van der Waals surface area contributed by atoms with Gasteiger partial charge in [-0.1, -0.05) is 0 Å². The van der Waals surface area contributed by atoms with E-state index in [9.17, 15) is 18.0 Å². The zero-order valence-electron chi connectivity index (χ0n) is 11.6. The van der Waals surface area contributed by atoms with Crippen molar-refractivity contribution >= 4 is 5.91 Å². The van der Waals surface area contributed by atoms with Crippen LogP contribution in [0.5, 0.6) is 0 Å². The molecule has 0 bridgehead atoms. The molecule has 21 heavy (non-hydrogen) atoms. The predicted octanol–water partition coefficient (Wildman–Crippen LogP) is 2.30. The molecule has 0 atom stereocenters. The second-order valence-electron chi connectivity index (χ2n) is 5.24. The topological polar surface area (TPSA) is 59.2 Å². The molecular formula is C14H18F3N3O. The molecule has 2 rings (SSSR count). The lowest BCUT2D eigenvalue weighted by Crippen LogP contribution is -2.39. The summed E-state index contributed by atoms with van der Waals surface area (Å²) in [6.07, 6.45) is -1.03. The molecule has 0 saturated carbocycles. The van der Waals surface area contributed by atoms with Crippen molar-refractivity contribution in [2.45, 2.75) is 25.4 Å². The second-order valence-corrected chi connectivity index (χ2v) is 5.24. The number of hydrogen-bond donors (Lipinski definition) is 1. The fourth-order valence-electron chi connectivity index (χ4n) is 2.51. The molecule has 0 radical (unpaired) electrons. The van der Waals surface area contributed by atoms with Crippen molar-refractivity contribution in [2.75, 3.05) is 19.6 Å². The largest absolute Gasteiger partial charge is 0.417 e. The van der Waals surface area contributed by atoms with Gasteiger partial charge in [-0.3, -0.25) is 9.78 Å². The summed E-state index contributed by atoms with van der Waals surface area (Å²) in [5, 5.41) is 0. The van der Waals surface area contributed by atoms with Gasteiger partial charge >= 0.3 is 6.18 Å². The molecule has 0 unspecified atom stereocenters. The SMILES string of the molecule is NCCC1CCN(C(=O)c2ccc(C(F)(F)F)cn2)CC1. The fraction of sp³-hybridized carbons (Fsp3) is 0.571. The molecule has 1 fully saturated rings. The first-order chi connectivity index (χ1) is 9.91. The fourth-order valence-corrected chi connectivity index (χ4v) is 2.51. The summed E-state index contributed by atoms with van der Waals surface area (Å²) >= 11 is 0. The number of aromatic nitrogens is 1. The van der Waals surface area contributed by atoms with Crippen LogP contribution in [0.1, 0.15) is 35.3 Å². The molecule has 1 aromatic rings. The average Bonchev–Trinajstić information content (AvgIpc) is 2.47. The number of rotatable bonds is 3. The Balaban J connectivity index is 1.98. The number of pyridine rings is 1. The van der Waals surface area contributed by atoms with E-state index in [-0.39, 0.29) is 11.6 Å².